The molecule has 0 atom stereocenters. The fraction of sp³-hybridized carbons (Fsp3) is 0.263. The first-order valence-corrected chi connectivity index (χ1v) is 8.40. The number of benzene rings is 2. The Hall–Kier alpha value is -2.73. The molecule has 136 valence electrons. The SMILES string of the molecule is COC(=O)c1ccccc1C(=O)OCc1cc(Cl)c2c(c1)OCCCO2. The molecular weight excluding hydrogens is 360 g/mol. The summed E-state index contributed by atoms with van der Waals surface area (Å²) in [5.74, 6) is -0.211. The number of esters is 2. The lowest BCUT2D eigenvalue weighted by molar-refractivity contribution is 0.0457. The van der Waals surface area contributed by atoms with Crippen LogP contribution in [0.1, 0.15) is 32.7 Å². The number of halogens is 1. The monoisotopic (exact) mass is 376 g/mol. The quantitative estimate of drug-likeness (QED) is 0.758. The van der Waals surface area contributed by atoms with E-state index in [4.69, 9.17) is 25.8 Å². The highest BCUT2D eigenvalue weighted by molar-refractivity contribution is 6.32. The number of hydrogen-bond donors (Lipinski definition) is 0. The molecule has 0 aliphatic carbocycles. The van der Waals surface area contributed by atoms with E-state index in [9.17, 15) is 9.59 Å². The van der Waals surface area contributed by atoms with Crippen molar-refractivity contribution in [3.05, 3.63) is 58.1 Å². The predicted molar refractivity (Wildman–Crippen MR) is 94.0 cm³/mol. The van der Waals surface area contributed by atoms with Crippen molar-refractivity contribution in [3.8, 4) is 11.5 Å². The van der Waals surface area contributed by atoms with Crippen LogP contribution in [0.15, 0.2) is 36.4 Å². The van der Waals surface area contributed by atoms with Crippen molar-refractivity contribution in [3.63, 3.8) is 0 Å². The number of rotatable bonds is 4. The number of carbonyl (C=O) groups is 2. The lowest BCUT2D eigenvalue weighted by atomic mass is 10.1. The molecule has 26 heavy (non-hydrogen) atoms. The van der Waals surface area contributed by atoms with Crippen molar-refractivity contribution in [2.75, 3.05) is 20.3 Å². The van der Waals surface area contributed by atoms with Crippen molar-refractivity contribution in [2.24, 2.45) is 0 Å². The zero-order valence-corrected chi connectivity index (χ0v) is 14.9. The second-order valence-corrected chi connectivity index (χ2v) is 5.98. The molecule has 2 aromatic carbocycles. The molecule has 0 saturated carbocycles. The van der Waals surface area contributed by atoms with Gasteiger partial charge in [-0.1, -0.05) is 23.7 Å². The van der Waals surface area contributed by atoms with Crippen LogP contribution in [0.3, 0.4) is 0 Å². The molecule has 0 N–H and O–H groups in total. The maximum atomic E-state index is 12.4. The minimum atomic E-state index is -0.630. The Balaban J connectivity index is 1.76. The van der Waals surface area contributed by atoms with Gasteiger partial charge < -0.3 is 18.9 Å². The van der Waals surface area contributed by atoms with Crippen molar-refractivity contribution < 1.29 is 28.5 Å². The number of methoxy groups -OCH3 is 1. The molecule has 1 aliphatic heterocycles. The average molecular weight is 377 g/mol. The van der Waals surface area contributed by atoms with E-state index >= 15 is 0 Å². The first kappa shape index (κ1) is 18.1. The lowest BCUT2D eigenvalue weighted by Gasteiger charge is -2.12. The first-order valence-electron chi connectivity index (χ1n) is 8.02. The van der Waals surface area contributed by atoms with Crippen LogP contribution >= 0.6 is 11.6 Å². The van der Waals surface area contributed by atoms with E-state index in [1.807, 2.05) is 0 Å². The zero-order chi connectivity index (χ0) is 18.5. The third kappa shape index (κ3) is 3.91. The number of carbonyl (C=O) groups excluding carboxylic acids is 2. The Labute approximate surface area is 155 Å². The minimum Gasteiger partial charge on any atom is -0.489 e. The molecule has 0 bridgehead atoms. The van der Waals surface area contributed by atoms with Gasteiger partial charge in [0, 0.05) is 6.42 Å². The van der Waals surface area contributed by atoms with E-state index in [0.717, 1.165) is 6.42 Å². The molecule has 0 amide bonds. The molecule has 2 aromatic rings. The molecule has 1 aliphatic rings. The second kappa shape index (κ2) is 8.10. The molecular formula is C19H17ClO6. The van der Waals surface area contributed by atoms with Gasteiger partial charge in [-0.2, -0.15) is 0 Å². The first-order chi connectivity index (χ1) is 12.6. The van der Waals surface area contributed by atoms with Gasteiger partial charge in [-0.25, -0.2) is 9.59 Å². The number of ether oxygens (including phenoxy) is 4. The third-order valence-corrected chi connectivity index (χ3v) is 4.06. The zero-order valence-electron chi connectivity index (χ0n) is 14.1. The highest BCUT2D eigenvalue weighted by Gasteiger charge is 2.20. The molecule has 0 spiro atoms. The van der Waals surface area contributed by atoms with Gasteiger partial charge in [0.1, 0.15) is 6.61 Å². The summed E-state index contributed by atoms with van der Waals surface area (Å²) in [6.45, 7) is 1.04. The van der Waals surface area contributed by atoms with Crippen molar-refractivity contribution >= 4 is 23.5 Å². The van der Waals surface area contributed by atoms with Crippen LogP contribution < -0.4 is 9.47 Å². The number of fused-ring (bicyclic) bond motifs is 1. The molecule has 0 saturated heterocycles. The smallest absolute Gasteiger partial charge is 0.339 e. The van der Waals surface area contributed by atoms with Crippen LogP contribution in [0.5, 0.6) is 11.5 Å². The van der Waals surface area contributed by atoms with Crippen molar-refractivity contribution in [1.29, 1.82) is 0 Å². The Kier molecular flexibility index (Phi) is 5.63. The Morgan fingerprint density at radius 1 is 1.08 bits per heavy atom. The third-order valence-electron chi connectivity index (χ3n) is 3.78. The Morgan fingerprint density at radius 3 is 2.50 bits per heavy atom. The van der Waals surface area contributed by atoms with Gasteiger partial charge in [-0.05, 0) is 29.8 Å². The highest BCUT2D eigenvalue weighted by Crippen LogP contribution is 2.38. The maximum Gasteiger partial charge on any atom is 0.339 e. The predicted octanol–water partition coefficient (Wildman–Crippen LogP) is 3.64. The molecule has 1 heterocycles. The maximum absolute atomic E-state index is 12.4. The van der Waals surface area contributed by atoms with Crippen LogP contribution in [0.4, 0.5) is 0 Å². The normalized spacial score (nSPS) is 12.8. The van der Waals surface area contributed by atoms with E-state index < -0.39 is 11.9 Å². The van der Waals surface area contributed by atoms with Gasteiger partial charge in [0.15, 0.2) is 11.5 Å². The standard InChI is InChI=1S/C19H17ClO6/c1-23-18(21)13-5-2-3-6-14(13)19(22)26-11-12-9-15(20)17-16(10-12)24-7-4-8-25-17/h2-3,5-6,9-10H,4,7-8,11H2,1H3. The van der Waals surface area contributed by atoms with Gasteiger partial charge >= 0.3 is 11.9 Å². The van der Waals surface area contributed by atoms with Crippen molar-refractivity contribution in [2.45, 2.75) is 13.0 Å². The van der Waals surface area contributed by atoms with Gasteiger partial charge in [0.2, 0.25) is 0 Å². The van der Waals surface area contributed by atoms with Crippen LogP contribution in [0.25, 0.3) is 0 Å². The second-order valence-electron chi connectivity index (χ2n) is 5.57. The molecule has 0 aromatic heterocycles. The summed E-state index contributed by atoms with van der Waals surface area (Å²) >= 11 is 6.23. The fourth-order valence-corrected chi connectivity index (χ4v) is 2.83. The van der Waals surface area contributed by atoms with Crippen LogP contribution in [0, 0.1) is 0 Å². The summed E-state index contributed by atoms with van der Waals surface area (Å²) in [5, 5.41) is 0.394. The highest BCUT2D eigenvalue weighted by atomic mass is 35.5. The van der Waals surface area contributed by atoms with Gasteiger partial charge in [0.05, 0.1) is 36.5 Å². The number of hydrogen-bond acceptors (Lipinski definition) is 6. The summed E-state index contributed by atoms with van der Waals surface area (Å²) in [6, 6.07) is 9.70. The molecule has 0 radical (unpaired) electrons. The van der Waals surface area contributed by atoms with E-state index in [1.54, 1.807) is 24.3 Å². The summed E-state index contributed by atoms with van der Waals surface area (Å²) < 4.78 is 21.2. The topological polar surface area (TPSA) is 71.1 Å². The fourth-order valence-electron chi connectivity index (χ4n) is 2.54. The Bertz CT molecular complexity index is 833. The van der Waals surface area contributed by atoms with Crippen LogP contribution in [0.2, 0.25) is 5.02 Å². The van der Waals surface area contributed by atoms with E-state index in [1.165, 1.54) is 19.2 Å². The molecule has 0 unspecified atom stereocenters. The summed E-state index contributed by atoms with van der Waals surface area (Å²) in [4.78, 5) is 24.1. The van der Waals surface area contributed by atoms with Gasteiger partial charge in [-0.15, -0.1) is 0 Å². The van der Waals surface area contributed by atoms with E-state index in [-0.39, 0.29) is 17.7 Å². The van der Waals surface area contributed by atoms with Gasteiger partial charge in [-0.3, -0.25) is 0 Å². The summed E-state index contributed by atoms with van der Waals surface area (Å²) in [6.07, 6.45) is 0.764. The average Bonchev–Trinajstić information content (AvgIpc) is 2.91. The molecule has 6 nitrogen and oxygen atoms in total. The largest absolute Gasteiger partial charge is 0.489 e. The Morgan fingerprint density at radius 2 is 1.77 bits per heavy atom. The van der Waals surface area contributed by atoms with E-state index in [2.05, 4.69) is 4.74 Å². The molecule has 0 fully saturated rings. The minimum absolute atomic E-state index is 0.0231. The summed E-state index contributed by atoms with van der Waals surface area (Å²) in [5.41, 5.74) is 0.944. The van der Waals surface area contributed by atoms with Crippen molar-refractivity contribution in [1.82, 2.24) is 0 Å². The van der Waals surface area contributed by atoms with Gasteiger partial charge in [0.25, 0.3) is 0 Å². The van der Waals surface area contributed by atoms with Crippen LogP contribution in [-0.4, -0.2) is 32.3 Å². The molecule has 7 heteroatoms. The summed E-state index contributed by atoms with van der Waals surface area (Å²) in [7, 11) is 1.25. The van der Waals surface area contributed by atoms with E-state index in [0.29, 0.717) is 35.3 Å². The lowest BCUT2D eigenvalue weighted by Crippen LogP contribution is -2.13. The molecule has 3 rings (SSSR count). The van der Waals surface area contributed by atoms with Crippen LogP contribution in [-0.2, 0) is 16.1 Å².